The second kappa shape index (κ2) is 4.76. The van der Waals surface area contributed by atoms with E-state index in [1.807, 2.05) is 30.3 Å². The molecule has 0 aromatic heterocycles. The van der Waals surface area contributed by atoms with Crippen LogP contribution in [0.25, 0.3) is 0 Å². The molecular formula is C8H11OPS. The van der Waals surface area contributed by atoms with E-state index in [-0.39, 0.29) is 0 Å². The van der Waals surface area contributed by atoms with Gasteiger partial charge in [-0.05, 0) is 5.75 Å². The van der Waals surface area contributed by atoms with Gasteiger partial charge in [-0.1, -0.05) is 37.3 Å². The van der Waals surface area contributed by atoms with Crippen LogP contribution in [0, 0.1) is 0 Å². The molecule has 1 N–H and O–H groups in total. The highest BCUT2D eigenvalue weighted by molar-refractivity contribution is 8.56. The smallest absolute Gasteiger partial charge is 0.118 e. The summed E-state index contributed by atoms with van der Waals surface area (Å²) in [5.41, 5.74) is 0. The molecule has 1 nitrogen and oxygen atoms in total. The van der Waals surface area contributed by atoms with Crippen LogP contribution in [0.3, 0.4) is 0 Å². The van der Waals surface area contributed by atoms with Gasteiger partial charge in [-0.2, -0.15) is 0 Å². The van der Waals surface area contributed by atoms with Crippen LogP contribution in [0.5, 0.6) is 0 Å². The molecule has 0 aliphatic rings. The molecule has 3 heteroatoms. The summed E-state index contributed by atoms with van der Waals surface area (Å²) in [6, 6.07) is 9.81. The standard InChI is InChI=1S/C8H11OPS/c1-2-11-10(9)8-6-4-3-5-7-8/h3-7,9H,2H2,1H3. The van der Waals surface area contributed by atoms with Crippen molar-refractivity contribution in [2.75, 3.05) is 5.75 Å². The first-order chi connectivity index (χ1) is 5.34. The molecule has 0 heterocycles. The maximum atomic E-state index is 9.55. The van der Waals surface area contributed by atoms with Crippen LogP contribution < -0.4 is 5.30 Å². The Morgan fingerprint density at radius 1 is 1.36 bits per heavy atom. The predicted molar refractivity (Wildman–Crippen MR) is 53.3 cm³/mol. The van der Waals surface area contributed by atoms with E-state index in [0.717, 1.165) is 11.1 Å². The number of hydrogen-bond donors (Lipinski definition) is 1. The van der Waals surface area contributed by atoms with E-state index in [0.29, 0.717) is 0 Å². The lowest BCUT2D eigenvalue weighted by Crippen LogP contribution is -1.95. The largest absolute Gasteiger partial charge is 0.359 e. The van der Waals surface area contributed by atoms with Crippen molar-refractivity contribution < 1.29 is 4.89 Å². The molecule has 0 bridgehead atoms. The minimum Gasteiger partial charge on any atom is -0.359 e. The van der Waals surface area contributed by atoms with Crippen LogP contribution in [-0.2, 0) is 0 Å². The highest BCUT2D eigenvalue weighted by Gasteiger charge is 2.04. The molecule has 1 unspecified atom stereocenters. The average molecular weight is 186 g/mol. The average Bonchev–Trinajstić information content (AvgIpc) is 2.07. The zero-order chi connectivity index (χ0) is 8.10. The van der Waals surface area contributed by atoms with Crippen molar-refractivity contribution in [1.29, 1.82) is 0 Å². The molecule has 0 aliphatic heterocycles. The van der Waals surface area contributed by atoms with E-state index in [9.17, 15) is 4.89 Å². The summed E-state index contributed by atoms with van der Waals surface area (Å²) in [7, 11) is -0.959. The Hall–Kier alpha value is -0.0400. The van der Waals surface area contributed by atoms with Crippen LogP contribution in [-0.4, -0.2) is 10.6 Å². The topological polar surface area (TPSA) is 20.2 Å². The van der Waals surface area contributed by atoms with Crippen molar-refractivity contribution in [3.8, 4) is 0 Å². The second-order valence-electron chi connectivity index (χ2n) is 2.03. The molecule has 0 fully saturated rings. The fourth-order valence-corrected chi connectivity index (χ4v) is 3.12. The lowest BCUT2D eigenvalue weighted by Gasteiger charge is -2.06. The number of hydrogen-bond acceptors (Lipinski definition) is 2. The molecule has 0 radical (unpaired) electrons. The van der Waals surface area contributed by atoms with Crippen molar-refractivity contribution in [2.45, 2.75) is 6.92 Å². The molecule has 0 aliphatic carbocycles. The van der Waals surface area contributed by atoms with E-state index < -0.39 is 7.35 Å². The van der Waals surface area contributed by atoms with E-state index in [2.05, 4.69) is 6.92 Å². The highest BCUT2D eigenvalue weighted by atomic mass is 32.7. The SMILES string of the molecule is CCSP(O)c1ccccc1. The highest BCUT2D eigenvalue weighted by Crippen LogP contribution is 2.43. The Kier molecular flexibility index (Phi) is 3.92. The molecule has 1 aromatic carbocycles. The normalized spacial score (nSPS) is 12.9. The van der Waals surface area contributed by atoms with Gasteiger partial charge in [-0.25, -0.2) is 0 Å². The van der Waals surface area contributed by atoms with Gasteiger partial charge in [0.25, 0.3) is 0 Å². The van der Waals surface area contributed by atoms with Gasteiger partial charge < -0.3 is 4.89 Å². The van der Waals surface area contributed by atoms with Gasteiger partial charge >= 0.3 is 0 Å². The summed E-state index contributed by atoms with van der Waals surface area (Å²) >= 11 is 1.60. The van der Waals surface area contributed by atoms with Gasteiger partial charge in [0.1, 0.15) is 7.35 Å². The van der Waals surface area contributed by atoms with E-state index in [4.69, 9.17) is 0 Å². The lowest BCUT2D eigenvalue weighted by molar-refractivity contribution is 0.650. The van der Waals surface area contributed by atoms with Crippen molar-refractivity contribution in [3.63, 3.8) is 0 Å². The molecule has 0 spiro atoms. The first-order valence-corrected chi connectivity index (χ1v) is 6.40. The maximum absolute atomic E-state index is 9.55. The zero-order valence-electron chi connectivity index (χ0n) is 6.40. The summed E-state index contributed by atoms with van der Waals surface area (Å²) in [6.07, 6.45) is 0. The van der Waals surface area contributed by atoms with Gasteiger partial charge in [0, 0.05) is 5.30 Å². The second-order valence-corrected chi connectivity index (χ2v) is 5.74. The molecule has 0 saturated carbocycles. The quantitative estimate of drug-likeness (QED) is 0.731. The first kappa shape index (κ1) is 9.05. The zero-order valence-corrected chi connectivity index (χ0v) is 8.11. The van der Waals surface area contributed by atoms with Crippen molar-refractivity contribution in [2.24, 2.45) is 0 Å². The third-order valence-corrected chi connectivity index (χ3v) is 4.61. The van der Waals surface area contributed by atoms with E-state index in [1.165, 1.54) is 0 Å². The minimum absolute atomic E-state index is 0.959. The van der Waals surface area contributed by atoms with Crippen molar-refractivity contribution in [1.82, 2.24) is 0 Å². The third-order valence-electron chi connectivity index (χ3n) is 1.23. The van der Waals surface area contributed by atoms with Crippen molar-refractivity contribution >= 4 is 24.0 Å². The fraction of sp³-hybridized carbons (Fsp3) is 0.250. The maximum Gasteiger partial charge on any atom is 0.118 e. The number of benzene rings is 1. The van der Waals surface area contributed by atoms with Crippen LogP contribution >= 0.6 is 18.7 Å². The van der Waals surface area contributed by atoms with Gasteiger partial charge in [-0.3, -0.25) is 0 Å². The lowest BCUT2D eigenvalue weighted by atomic mass is 10.4. The molecule has 1 aromatic rings. The Morgan fingerprint density at radius 3 is 2.55 bits per heavy atom. The van der Waals surface area contributed by atoms with Crippen LogP contribution in [0.4, 0.5) is 0 Å². The van der Waals surface area contributed by atoms with Gasteiger partial charge in [0.2, 0.25) is 0 Å². The summed E-state index contributed by atoms with van der Waals surface area (Å²) in [4.78, 5) is 9.55. The van der Waals surface area contributed by atoms with E-state index in [1.54, 1.807) is 11.4 Å². The molecular weight excluding hydrogens is 175 g/mol. The van der Waals surface area contributed by atoms with Crippen molar-refractivity contribution in [3.05, 3.63) is 30.3 Å². The Bertz CT molecular complexity index is 203. The van der Waals surface area contributed by atoms with Crippen LogP contribution in [0.15, 0.2) is 30.3 Å². The summed E-state index contributed by atoms with van der Waals surface area (Å²) < 4.78 is 0. The Balaban J connectivity index is 2.61. The minimum atomic E-state index is -0.959. The first-order valence-electron chi connectivity index (χ1n) is 3.51. The molecule has 11 heavy (non-hydrogen) atoms. The molecule has 1 atom stereocenters. The number of rotatable bonds is 3. The fourth-order valence-electron chi connectivity index (χ4n) is 0.752. The summed E-state index contributed by atoms with van der Waals surface area (Å²) in [5, 5.41) is 1.05. The molecule has 1 rings (SSSR count). The van der Waals surface area contributed by atoms with Gasteiger partial charge in [0.05, 0.1) is 0 Å². The summed E-state index contributed by atoms with van der Waals surface area (Å²) in [5.74, 6) is 0.969. The van der Waals surface area contributed by atoms with Gasteiger partial charge in [-0.15, -0.1) is 11.4 Å². The Labute approximate surface area is 72.4 Å². The molecule has 0 amide bonds. The molecule has 0 saturated heterocycles. The van der Waals surface area contributed by atoms with Crippen LogP contribution in [0.2, 0.25) is 0 Å². The molecule has 60 valence electrons. The predicted octanol–water partition coefficient (Wildman–Crippen LogP) is 2.37. The van der Waals surface area contributed by atoms with Crippen LogP contribution in [0.1, 0.15) is 6.92 Å². The summed E-state index contributed by atoms with van der Waals surface area (Å²) in [6.45, 7) is 2.05. The van der Waals surface area contributed by atoms with Gasteiger partial charge in [0.15, 0.2) is 0 Å². The third kappa shape index (κ3) is 2.82. The Morgan fingerprint density at radius 2 is 2.00 bits per heavy atom. The monoisotopic (exact) mass is 186 g/mol. The van der Waals surface area contributed by atoms with E-state index >= 15 is 0 Å².